The van der Waals surface area contributed by atoms with Crippen molar-refractivity contribution in [3.05, 3.63) is 0 Å². The van der Waals surface area contributed by atoms with E-state index in [0.29, 0.717) is 11.8 Å². The molecule has 0 saturated carbocycles. The number of carbonyl (C=O) groups is 1. The van der Waals surface area contributed by atoms with Crippen LogP contribution in [0.2, 0.25) is 0 Å². The van der Waals surface area contributed by atoms with Crippen LogP contribution in [0.1, 0.15) is 39.5 Å². The summed E-state index contributed by atoms with van der Waals surface area (Å²) in [5.74, 6) is 0.984. The minimum absolute atomic E-state index is 0.0846. The van der Waals surface area contributed by atoms with Gasteiger partial charge < -0.3 is 15.7 Å². The van der Waals surface area contributed by atoms with Crippen LogP contribution in [0.3, 0.4) is 0 Å². The highest BCUT2D eigenvalue weighted by Crippen LogP contribution is 2.20. The Labute approximate surface area is 104 Å². The van der Waals surface area contributed by atoms with Crippen molar-refractivity contribution in [2.75, 3.05) is 19.7 Å². The molecule has 0 spiro atoms. The summed E-state index contributed by atoms with van der Waals surface area (Å²) in [5, 5.41) is 8.94. The van der Waals surface area contributed by atoms with Gasteiger partial charge in [0.25, 0.3) is 0 Å². The van der Waals surface area contributed by atoms with E-state index in [1.54, 1.807) is 0 Å². The zero-order valence-electron chi connectivity index (χ0n) is 11.1. The van der Waals surface area contributed by atoms with Gasteiger partial charge in [-0.3, -0.25) is 4.79 Å². The molecule has 1 rings (SSSR count). The lowest BCUT2D eigenvalue weighted by Gasteiger charge is -2.34. The number of nitrogens with two attached hydrogens (primary N) is 1. The number of hydrogen-bond acceptors (Lipinski definition) is 3. The number of hydrogen-bond donors (Lipinski definition) is 2. The molecule has 1 saturated heterocycles. The summed E-state index contributed by atoms with van der Waals surface area (Å²) in [7, 11) is 0. The van der Waals surface area contributed by atoms with E-state index in [1.165, 1.54) is 0 Å². The molecule has 17 heavy (non-hydrogen) atoms. The fourth-order valence-corrected chi connectivity index (χ4v) is 2.53. The quantitative estimate of drug-likeness (QED) is 0.755. The van der Waals surface area contributed by atoms with Gasteiger partial charge in [0, 0.05) is 19.7 Å². The highest BCUT2D eigenvalue weighted by Gasteiger charge is 2.26. The van der Waals surface area contributed by atoms with Crippen LogP contribution in [-0.2, 0) is 4.79 Å². The van der Waals surface area contributed by atoms with Crippen LogP contribution in [0, 0.1) is 11.8 Å². The number of nitrogens with zero attached hydrogens (tertiary/aromatic N) is 1. The van der Waals surface area contributed by atoms with Crippen LogP contribution in [-0.4, -0.2) is 41.7 Å². The summed E-state index contributed by atoms with van der Waals surface area (Å²) in [6, 6.07) is -0.358. The van der Waals surface area contributed by atoms with Crippen molar-refractivity contribution in [3.8, 4) is 0 Å². The van der Waals surface area contributed by atoms with Gasteiger partial charge in [0.05, 0.1) is 6.04 Å². The second-order valence-corrected chi connectivity index (χ2v) is 5.54. The Morgan fingerprint density at radius 2 is 2.24 bits per heavy atom. The van der Waals surface area contributed by atoms with Crippen LogP contribution in [0.25, 0.3) is 0 Å². The Bertz CT molecular complexity index is 242. The van der Waals surface area contributed by atoms with Gasteiger partial charge in [0.15, 0.2) is 0 Å². The number of aliphatic hydroxyl groups excluding tert-OH is 1. The molecule has 3 N–H and O–H groups in total. The number of aliphatic hydroxyl groups is 1. The number of piperidine rings is 1. The molecule has 0 bridgehead atoms. The van der Waals surface area contributed by atoms with E-state index in [9.17, 15) is 4.79 Å². The Hall–Kier alpha value is -0.610. The normalized spacial score (nSPS) is 22.9. The highest BCUT2D eigenvalue weighted by molar-refractivity contribution is 5.81. The maximum absolute atomic E-state index is 12.1. The predicted molar refractivity (Wildman–Crippen MR) is 68.4 cm³/mol. The Kier molecular flexibility index (Phi) is 5.92. The topological polar surface area (TPSA) is 66.6 Å². The van der Waals surface area contributed by atoms with Gasteiger partial charge in [-0.1, -0.05) is 13.8 Å². The largest absolute Gasteiger partial charge is 0.396 e. The van der Waals surface area contributed by atoms with Crippen molar-refractivity contribution in [2.24, 2.45) is 17.6 Å². The highest BCUT2D eigenvalue weighted by atomic mass is 16.3. The second kappa shape index (κ2) is 6.97. The van der Waals surface area contributed by atoms with E-state index < -0.39 is 0 Å². The van der Waals surface area contributed by atoms with Crippen LogP contribution < -0.4 is 5.73 Å². The van der Waals surface area contributed by atoms with E-state index in [1.807, 2.05) is 4.90 Å². The minimum atomic E-state index is -0.358. The smallest absolute Gasteiger partial charge is 0.239 e. The van der Waals surface area contributed by atoms with E-state index in [4.69, 9.17) is 10.8 Å². The third-order valence-corrected chi connectivity index (χ3v) is 3.41. The molecule has 1 fully saturated rings. The van der Waals surface area contributed by atoms with Gasteiger partial charge in [-0.25, -0.2) is 0 Å². The average Bonchev–Trinajstić information content (AvgIpc) is 2.28. The standard InChI is InChI=1S/C13H26N2O2/c1-10(2)8-12(14)13(17)15-6-3-4-11(9-15)5-7-16/h10-12,16H,3-9,14H2,1-2H3. The average molecular weight is 242 g/mol. The van der Waals surface area contributed by atoms with Gasteiger partial charge in [-0.2, -0.15) is 0 Å². The maximum Gasteiger partial charge on any atom is 0.239 e. The fraction of sp³-hybridized carbons (Fsp3) is 0.923. The summed E-state index contributed by atoms with van der Waals surface area (Å²) in [6.07, 6.45) is 3.69. The van der Waals surface area contributed by atoms with Gasteiger partial charge in [-0.05, 0) is 37.5 Å². The zero-order chi connectivity index (χ0) is 12.8. The molecule has 2 unspecified atom stereocenters. The van der Waals surface area contributed by atoms with Gasteiger partial charge in [0.1, 0.15) is 0 Å². The molecule has 1 amide bonds. The van der Waals surface area contributed by atoms with E-state index in [0.717, 1.165) is 38.8 Å². The molecule has 1 aliphatic rings. The fourth-order valence-electron chi connectivity index (χ4n) is 2.53. The third kappa shape index (κ3) is 4.64. The van der Waals surface area contributed by atoms with E-state index >= 15 is 0 Å². The lowest BCUT2D eigenvalue weighted by molar-refractivity contribution is -0.134. The molecule has 2 atom stereocenters. The molecule has 1 heterocycles. The summed E-state index contributed by atoms with van der Waals surface area (Å²) < 4.78 is 0. The van der Waals surface area contributed by atoms with Crippen LogP contribution >= 0.6 is 0 Å². The van der Waals surface area contributed by atoms with Gasteiger partial charge >= 0.3 is 0 Å². The lowest BCUT2D eigenvalue weighted by atomic mass is 9.94. The first kappa shape index (κ1) is 14.5. The number of likely N-dealkylation sites (tertiary alicyclic amines) is 1. The second-order valence-electron chi connectivity index (χ2n) is 5.54. The summed E-state index contributed by atoms with van der Waals surface area (Å²) >= 11 is 0. The van der Waals surface area contributed by atoms with Crippen LogP contribution in [0.15, 0.2) is 0 Å². The van der Waals surface area contributed by atoms with E-state index in [2.05, 4.69) is 13.8 Å². The molecule has 0 aromatic rings. The molecular weight excluding hydrogens is 216 g/mol. The Morgan fingerprint density at radius 1 is 1.53 bits per heavy atom. The van der Waals surface area contributed by atoms with Gasteiger partial charge in [-0.15, -0.1) is 0 Å². The minimum Gasteiger partial charge on any atom is -0.396 e. The van der Waals surface area contributed by atoms with Gasteiger partial charge in [0.2, 0.25) is 5.91 Å². The SMILES string of the molecule is CC(C)CC(N)C(=O)N1CCCC(CCO)C1. The summed E-state index contributed by atoms with van der Waals surface area (Å²) in [4.78, 5) is 14.0. The monoisotopic (exact) mass is 242 g/mol. The number of amides is 1. The molecule has 4 heteroatoms. The van der Waals surface area contributed by atoms with Crippen molar-refractivity contribution < 1.29 is 9.90 Å². The molecule has 0 aliphatic carbocycles. The molecule has 100 valence electrons. The predicted octanol–water partition coefficient (Wildman–Crippen LogP) is 0.981. The maximum atomic E-state index is 12.1. The molecule has 1 aliphatic heterocycles. The third-order valence-electron chi connectivity index (χ3n) is 3.41. The van der Waals surface area contributed by atoms with Crippen molar-refractivity contribution in [2.45, 2.75) is 45.6 Å². The van der Waals surface area contributed by atoms with Crippen molar-refractivity contribution in [3.63, 3.8) is 0 Å². The van der Waals surface area contributed by atoms with E-state index in [-0.39, 0.29) is 18.6 Å². The summed E-state index contributed by atoms with van der Waals surface area (Å²) in [5.41, 5.74) is 5.93. The molecule has 0 aromatic carbocycles. The summed E-state index contributed by atoms with van der Waals surface area (Å²) in [6.45, 7) is 5.97. The number of carbonyl (C=O) groups excluding carboxylic acids is 1. The zero-order valence-corrected chi connectivity index (χ0v) is 11.1. The van der Waals surface area contributed by atoms with Crippen LogP contribution in [0.5, 0.6) is 0 Å². The van der Waals surface area contributed by atoms with Crippen molar-refractivity contribution >= 4 is 5.91 Å². The first-order valence-corrected chi connectivity index (χ1v) is 6.69. The Morgan fingerprint density at radius 3 is 2.82 bits per heavy atom. The number of rotatable bonds is 5. The Balaban J connectivity index is 2.45. The molecular formula is C13H26N2O2. The molecule has 4 nitrogen and oxygen atoms in total. The van der Waals surface area contributed by atoms with Crippen LogP contribution in [0.4, 0.5) is 0 Å². The lowest BCUT2D eigenvalue weighted by Crippen LogP contribution is -2.48. The van der Waals surface area contributed by atoms with Crippen molar-refractivity contribution in [1.29, 1.82) is 0 Å². The molecule has 0 radical (unpaired) electrons. The first-order valence-electron chi connectivity index (χ1n) is 6.69. The first-order chi connectivity index (χ1) is 8.04. The molecule has 0 aromatic heterocycles. The van der Waals surface area contributed by atoms with Crippen molar-refractivity contribution in [1.82, 2.24) is 4.90 Å².